The molecular weight excluding hydrogens is 795 g/mol. The van der Waals surface area contributed by atoms with Gasteiger partial charge < -0.3 is 9.32 Å². The lowest BCUT2D eigenvalue weighted by molar-refractivity contribution is 0.665. The molecule has 2 heterocycles. The van der Waals surface area contributed by atoms with Gasteiger partial charge in [0.05, 0.1) is 15.8 Å². The Hall–Kier alpha value is -7.98. The predicted molar refractivity (Wildman–Crippen MR) is 269 cm³/mol. The number of nitrogens with zero attached hydrogens (tertiary/aromatic N) is 1. The number of hydrogen-bond acceptors (Lipinski definition) is 3. The minimum atomic E-state index is -0.478. The zero-order valence-corrected chi connectivity index (χ0v) is 35.6. The Bertz CT molecular complexity index is 3690. The third-order valence-electron chi connectivity index (χ3n) is 13.4. The molecule has 0 saturated carbocycles. The number of thiophene rings is 1. The molecule has 300 valence electrons. The second kappa shape index (κ2) is 14.6. The molecule has 2 nitrogen and oxygen atoms in total. The number of rotatable bonds is 7. The molecule has 12 aromatic rings. The smallest absolute Gasteiger partial charge is 0.135 e. The summed E-state index contributed by atoms with van der Waals surface area (Å²) in [6, 6.07) is 86.2. The normalized spacial score (nSPS) is 12.8. The third kappa shape index (κ3) is 5.58. The highest BCUT2D eigenvalue weighted by Crippen LogP contribution is 2.56. The molecule has 0 fully saturated rings. The number of furan rings is 1. The summed E-state index contributed by atoms with van der Waals surface area (Å²) in [5.41, 5.74) is 17.0. The molecule has 2 aromatic heterocycles. The van der Waals surface area contributed by atoms with E-state index in [9.17, 15) is 0 Å². The van der Waals surface area contributed by atoms with Crippen LogP contribution in [0.3, 0.4) is 0 Å². The summed E-state index contributed by atoms with van der Waals surface area (Å²) in [6.45, 7) is 0. The molecule has 1 aliphatic rings. The molecule has 0 atom stereocenters. The summed E-state index contributed by atoms with van der Waals surface area (Å²) < 4.78 is 9.31. The molecule has 0 N–H and O–H groups in total. The average molecular weight is 834 g/mol. The van der Waals surface area contributed by atoms with E-state index in [1.54, 1.807) is 0 Å². The maximum atomic E-state index is 6.74. The molecular formula is C61H39NOS. The minimum absolute atomic E-state index is 0.478. The van der Waals surface area contributed by atoms with Gasteiger partial charge in [-0.25, -0.2) is 0 Å². The molecule has 0 unspecified atom stereocenters. The molecule has 0 aliphatic heterocycles. The molecule has 0 radical (unpaired) electrons. The van der Waals surface area contributed by atoms with E-state index in [1.807, 2.05) is 11.3 Å². The standard InChI is InChI=1S/C61H39NOS/c1-3-15-40(16-4-1)42-17-13-20-47(37-42)62(56-27-14-24-52-51-23-9-12-28-59(51)64-60(52)56)46-33-29-41(30-34-46)43-31-36-57-53(38-43)50-35-32-45(39-58(50)63-57)61(44-18-5-2-6-19-44)54-25-10-7-21-48(54)49-22-8-11-26-55(49)61/h1-39H. The Morgan fingerprint density at radius 1 is 0.359 bits per heavy atom. The lowest BCUT2D eigenvalue weighted by Gasteiger charge is -2.33. The van der Waals surface area contributed by atoms with Crippen LogP contribution in [0.25, 0.3) is 75.5 Å². The Morgan fingerprint density at radius 3 is 1.78 bits per heavy atom. The first-order chi connectivity index (χ1) is 31.7. The summed E-state index contributed by atoms with van der Waals surface area (Å²) >= 11 is 1.86. The van der Waals surface area contributed by atoms with Gasteiger partial charge in [0.25, 0.3) is 0 Å². The predicted octanol–water partition coefficient (Wildman–Crippen LogP) is 17.1. The second-order valence-corrected chi connectivity index (χ2v) is 17.8. The Labute approximate surface area is 375 Å². The van der Waals surface area contributed by atoms with Crippen LogP contribution >= 0.6 is 11.3 Å². The van der Waals surface area contributed by atoms with E-state index >= 15 is 0 Å². The Kier molecular flexibility index (Phi) is 8.34. The maximum absolute atomic E-state index is 6.74. The Balaban J connectivity index is 0.915. The molecule has 1 aliphatic carbocycles. The lowest BCUT2D eigenvalue weighted by Crippen LogP contribution is -2.28. The van der Waals surface area contributed by atoms with Crippen molar-refractivity contribution in [2.24, 2.45) is 0 Å². The van der Waals surface area contributed by atoms with Gasteiger partial charge in [0, 0.05) is 37.6 Å². The maximum Gasteiger partial charge on any atom is 0.135 e. The fraction of sp³-hybridized carbons (Fsp3) is 0.0164. The van der Waals surface area contributed by atoms with Gasteiger partial charge in [0.15, 0.2) is 0 Å². The van der Waals surface area contributed by atoms with E-state index in [1.165, 1.54) is 70.4 Å². The summed E-state index contributed by atoms with van der Waals surface area (Å²) in [5.74, 6) is 0. The highest BCUT2D eigenvalue weighted by atomic mass is 32.1. The fourth-order valence-corrected chi connectivity index (χ4v) is 11.7. The lowest BCUT2D eigenvalue weighted by atomic mass is 9.67. The quantitative estimate of drug-likeness (QED) is 0.159. The van der Waals surface area contributed by atoms with E-state index in [0.29, 0.717) is 0 Å². The van der Waals surface area contributed by atoms with E-state index in [0.717, 1.165) is 44.4 Å². The summed E-state index contributed by atoms with van der Waals surface area (Å²) in [4.78, 5) is 2.42. The van der Waals surface area contributed by atoms with Crippen LogP contribution in [-0.2, 0) is 5.41 Å². The fourth-order valence-electron chi connectivity index (χ4n) is 10.5. The summed E-state index contributed by atoms with van der Waals surface area (Å²) in [7, 11) is 0. The van der Waals surface area contributed by atoms with Gasteiger partial charge in [-0.15, -0.1) is 11.3 Å². The van der Waals surface area contributed by atoms with E-state index < -0.39 is 5.41 Å². The van der Waals surface area contributed by atoms with Gasteiger partial charge in [0.1, 0.15) is 11.2 Å². The number of benzene rings is 10. The van der Waals surface area contributed by atoms with Gasteiger partial charge >= 0.3 is 0 Å². The first kappa shape index (κ1) is 36.7. The second-order valence-electron chi connectivity index (χ2n) is 16.8. The van der Waals surface area contributed by atoms with E-state index in [4.69, 9.17) is 4.42 Å². The van der Waals surface area contributed by atoms with Gasteiger partial charge in [0.2, 0.25) is 0 Å². The van der Waals surface area contributed by atoms with Crippen LogP contribution < -0.4 is 4.90 Å². The largest absolute Gasteiger partial charge is 0.456 e. The van der Waals surface area contributed by atoms with Crippen molar-refractivity contribution in [3.8, 4) is 33.4 Å². The zero-order chi connectivity index (χ0) is 42.2. The van der Waals surface area contributed by atoms with Crippen molar-refractivity contribution < 1.29 is 4.42 Å². The van der Waals surface area contributed by atoms with Crippen LogP contribution in [0.2, 0.25) is 0 Å². The van der Waals surface area contributed by atoms with Crippen molar-refractivity contribution in [2.45, 2.75) is 5.41 Å². The van der Waals surface area contributed by atoms with E-state index in [2.05, 4.69) is 241 Å². The van der Waals surface area contributed by atoms with Crippen molar-refractivity contribution in [1.82, 2.24) is 0 Å². The van der Waals surface area contributed by atoms with Crippen molar-refractivity contribution in [3.63, 3.8) is 0 Å². The average Bonchev–Trinajstić information content (AvgIpc) is 4.03. The van der Waals surface area contributed by atoms with Crippen LogP contribution in [0.1, 0.15) is 22.3 Å². The third-order valence-corrected chi connectivity index (χ3v) is 14.6. The molecule has 0 amide bonds. The summed E-state index contributed by atoms with van der Waals surface area (Å²) in [5, 5.41) is 4.79. The van der Waals surface area contributed by atoms with Crippen LogP contribution in [0.5, 0.6) is 0 Å². The monoisotopic (exact) mass is 833 g/mol. The highest BCUT2D eigenvalue weighted by Gasteiger charge is 2.46. The van der Waals surface area contributed by atoms with Gasteiger partial charge in [-0.2, -0.15) is 0 Å². The van der Waals surface area contributed by atoms with Gasteiger partial charge in [-0.1, -0.05) is 182 Å². The van der Waals surface area contributed by atoms with Crippen molar-refractivity contribution in [1.29, 1.82) is 0 Å². The van der Waals surface area contributed by atoms with Crippen LogP contribution in [0.15, 0.2) is 241 Å². The van der Waals surface area contributed by atoms with Crippen LogP contribution in [0.4, 0.5) is 17.1 Å². The van der Waals surface area contributed by atoms with Crippen molar-refractivity contribution in [3.05, 3.63) is 259 Å². The molecule has 0 bridgehead atoms. The Morgan fingerprint density at radius 2 is 0.984 bits per heavy atom. The first-order valence-corrected chi connectivity index (χ1v) is 22.7. The number of hydrogen-bond donors (Lipinski definition) is 0. The minimum Gasteiger partial charge on any atom is -0.456 e. The van der Waals surface area contributed by atoms with Gasteiger partial charge in [-0.3, -0.25) is 0 Å². The molecule has 3 heteroatoms. The molecule has 10 aromatic carbocycles. The van der Waals surface area contributed by atoms with Crippen molar-refractivity contribution in [2.75, 3.05) is 4.90 Å². The number of anilines is 3. The zero-order valence-electron chi connectivity index (χ0n) is 34.8. The SMILES string of the molecule is c1ccc(-c2cccc(N(c3ccc(-c4ccc5oc6cc(C7(c8ccccc8)c8ccccc8-c8ccccc87)ccc6c5c4)cc3)c3cccc4c3sc3ccccc34)c2)cc1. The van der Waals surface area contributed by atoms with Gasteiger partial charge in [-0.05, 0) is 110 Å². The summed E-state index contributed by atoms with van der Waals surface area (Å²) in [6.07, 6.45) is 0. The van der Waals surface area contributed by atoms with E-state index in [-0.39, 0.29) is 0 Å². The molecule has 0 saturated heterocycles. The molecule has 64 heavy (non-hydrogen) atoms. The van der Waals surface area contributed by atoms with Crippen LogP contribution in [0, 0.1) is 0 Å². The van der Waals surface area contributed by atoms with Crippen molar-refractivity contribution >= 4 is 70.5 Å². The highest BCUT2D eigenvalue weighted by molar-refractivity contribution is 7.26. The van der Waals surface area contributed by atoms with Crippen LogP contribution in [-0.4, -0.2) is 0 Å². The molecule has 13 rings (SSSR count). The number of fused-ring (bicyclic) bond motifs is 9. The molecule has 0 spiro atoms. The topological polar surface area (TPSA) is 16.4 Å². The first-order valence-electron chi connectivity index (χ1n) is 21.9.